The van der Waals surface area contributed by atoms with Crippen LogP contribution < -0.4 is 4.74 Å². The normalized spacial score (nSPS) is 13.9. The second kappa shape index (κ2) is 9.22. The standard InChI is InChI=1S/C23H22Cl2N4O3/c1-15(30)27-8-10-28(11-9-27)23(31)22-14-21(16-4-3-5-18(12-16)32-2)26-29(22)17-6-7-19(24)20(25)13-17/h3-7,12-14H,8-11H2,1-2H3. The summed E-state index contributed by atoms with van der Waals surface area (Å²) < 4.78 is 6.90. The summed E-state index contributed by atoms with van der Waals surface area (Å²) in [6.45, 7) is 3.46. The van der Waals surface area contributed by atoms with Crippen molar-refractivity contribution in [2.45, 2.75) is 6.92 Å². The molecule has 2 heterocycles. The van der Waals surface area contributed by atoms with Crippen molar-refractivity contribution in [2.75, 3.05) is 33.3 Å². The third-order valence-corrected chi connectivity index (χ3v) is 6.19. The molecular weight excluding hydrogens is 451 g/mol. The zero-order chi connectivity index (χ0) is 22.8. The van der Waals surface area contributed by atoms with Crippen LogP contribution in [0, 0.1) is 0 Å². The number of ether oxygens (including phenoxy) is 1. The number of nitrogens with zero attached hydrogens (tertiary/aromatic N) is 4. The van der Waals surface area contributed by atoms with Crippen LogP contribution in [0.4, 0.5) is 0 Å². The van der Waals surface area contributed by atoms with Gasteiger partial charge in [-0.3, -0.25) is 9.59 Å². The van der Waals surface area contributed by atoms with E-state index >= 15 is 0 Å². The van der Waals surface area contributed by atoms with Gasteiger partial charge in [-0.2, -0.15) is 5.10 Å². The maximum absolute atomic E-state index is 13.5. The summed E-state index contributed by atoms with van der Waals surface area (Å²) in [6, 6.07) is 14.4. The van der Waals surface area contributed by atoms with E-state index in [1.165, 1.54) is 6.92 Å². The monoisotopic (exact) mass is 472 g/mol. The molecule has 0 bridgehead atoms. The fraction of sp³-hybridized carbons (Fsp3) is 0.261. The Hall–Kier alpha value is -3.03. The Morgan fingerprint density at radius 3 is 2.31 bits per heavy atom. The molecule has 32 heavy (non-hydrogen) atoms. The van der Waals surface area contributed by atoms with Crippen molar-refractivity contribution in [3.05, 3.63) is 64.3 Å². The molecule has 166 valence electrons. The zero-order valence-electron chi connectivity index (χ0n) is 17.7. The Morgan fingerprint density at radius 1 is 0.938 bits per heavy atom. The van der Waals surface area contributed by atoms with E-state index in [-0.39, 0.29) is 11.8 Å². The molecule has 7 nitrogen and oxygen atoms in total. The molecule has 9 heteroatoms. The van der Waals surface area contributed by atoms with Gasteiger partial charge in [0.15, 0.2) is 0 Å². The van der Waals surface area contributed by atoms with Crippen LogP contribution in [0.2, 0.25) is 10.0 Å². The van der Waals surface area contributed by atoms with Gasteiger partial charge >= 0.3 is 0 Å². The number of methoxy groups -OCH3 is 1. The second-order valence-corrected chi connectivity index (χ2v) is 8.27. The Morgan fingerprint density at radius 2 is 1.66 bits per heavy atom. The molecule has 0 atom stereocenters. The number of carbonyl (C=O) groups is 2. The van der Waals surface area contributed by atoms with E-state index in [2.05, 4.69) is 0 Å². The minimum absolute atomic E-state index is 0.0123. The lowest BCUT2D eigenvalue weighted by atomic mass is 10.1. The average Bonchev–Trinajstić information content (AvgIpc) is 3.26. The van der Waals surface area contributed by atoms with Crippen molar-refractivity contribution in [2.24, 2.45) is 0 Å². The minimum Gasteiger partial charge on any atom is -0.497 e. The van der Waals surface area contributed by atoms with Crippen LogP contribution in [-0.2, 0) is 4.79 Å². The first kappa shape index (κ1) is 22.2. The molecule has 2 amide bonds. The van der Waals surface area contributed by atoms with E-state index < -0.39 is 0 Å². The van der Waals surface area contributed by atoms with Crippen molar-refractivity contribution in [1.29, 1.82) is 0 Å². The smallest absolute Gasteiger partial charge is 0.272 e. The van der Waals surface area contributed by atoms with Gasteiger partial charge in [-0.25, -0.2) is 4.68 Å². The number of halogens is 2. The van der Waals surface area contributed by atoms with Gasteiger partial charge in [0, 0.05) is 38.7 Å². The summed E-state index contributed by atoms with van der Waals surface area (Å²) in [5, 5.41) is 5.49. The Bertz CT molecular complexity index is 1170. The first-order valence-corrected chi connectivity index (χ1v) is 10.9. The molecule has 0 unspecified atom stereocenters. The van der Waals surface area contributed by atoms with Crippen LogP contribution in [0.25, 0.3) is 16.9 Å². The molecule has 0 N–H and O–H groups in total. The van der Waals surface area contributed by atoms with Crippen molar-refractivity contribution in [3.8, 4) is 22.7 Å². The fourth-order valence-corrected chi connectivity index (χ4v) is 3.95. The van der Waals surface area contributed by atoms with Gasteiger partial charge < -0.3 is 14.5 Å². The van der Waals surface area contributed by atoms with E-state index in [9.17, 15) is 9.59 Å². The summed E-state index contributed by atoms with van der Waals surface area (Å²) in [5.41, 5.74) is 2.47. The summed E-state index contributed by atoms with van der Waals surface area (Å²) in [7, 11) is 1.60. The van der Waals surface area contributed by atoms with E-state index in [1.54, 1.807) is 45.9 Å². The van der Waals surface area contributed by atoms with Gasteiger partial charge in [0.1, 0.15) is 11.4 Å². The number of rotatable bonds is 4. The third-order valence-electron chi connectivity index (χ3n) is 5.45. The van der Waals surface area contributed by atoms with Crippen LogP contribution >= 0.6 is 23.2 Å². The van der Waals surface area contributed by atoms with E-state index in [0.29, 0.717) is 59.0 Å². The number of piperazine rings is 1. The van der Waals surface area contributed by atoms with Crippen molar-refractivity contribution in [3.63, 3.8) is 0 Å². The fourth-order valence-electron chi connectivity index (χ4n) is 3.66. The summed E-state index contributed by atoms with van der Waals surface area (Å²) in [6.07, 6.45) is 0. The molecule has 0 aliphatic carbocycles. The van der Waals surface area contributed by atoms with Gasteiger partial charge in [0.2, 0.25) is 5.91 Å². The first-order chi connectivity index (χ1) is 15.4. The first-order valence-electron chi connectivity index (χ1n) is 10.1. The molecule has 1 aliphatic rings. The van der Waals surface area contributed by atoms with Crippen LogP contribution in [0.5, 0.6) is 5.75 Å². The molecule has 1 saturated heterocycles. The molecule has 0 saturated carbocycles. The molecule has 3 aromatic rings. The predicted octanol–water partition coefficient (Wildman–Crippen LogP) is 4.16. The Balaban J connectivity index is 1.74. The van der Waals surface area contributed by atoms with Gasteiger partial charge in [-0.1, -0.05) is 35.3 Å². The van der Waals surface area contributed by atoms with Gasteiger partial charge in [-0.05, 0) is 36.4 Å². The van der Waals surface area contributed by atoms with Crippen molar-refractivity contribution >= 4 is 35.0 Å². The minimum atomic E-state index is -0.166. The number of amides is 2. The topological polar surface area (TPSA) is 67.7 Å². The van der Waals surface area contributed by atoms with E-state index in [0.717, 1.165) is 5.56 Å². The molecule has 1 aromatic heterocycles. The lowest BCUT2D eigenvalue weighted by Gasteiger charge is -2.34. The highest BCUT2D eigenvalue weighted by molar-refractivity contribution is 6.42. The molecule has 0 radical (unpaired) electrons. The second-order valence-electron chi connectivity index (χ2n) is 7.46. The summed E-state index contributed by atoms with van der Waals surface area (Å²) >= 11 is 12.3. The Labute approximate surface area is 196 Å². The number of hydrogen-bond donors (Lipinski definition) is 0. The maximum Gasteiger partial charge on any atom is 0.272 e. The van der Waals surface area contributed by atoms with Crippen LogP contribution in [0.15, 0.2) is 48.5 Å². The largest absolute Gasteiger partial charge is 0.497 e. The highest BCUT2D eigenvalue weighted by atomic mass is 35.5. The van der Waals surface area contributed by atoms with Crippen LogP contribution in [0.3, 0.4) is 0 Å². The maximum atomic E-state index is 13.5. The van der Waals surface area contributed by atoms with E-state index in [1.807, 2.05) is 24.3 Å². The van der Waals surface area contributed by atoms with Crippen LogP contribution in [-0.4, -0.2) is 64.7 Å². The highest BCUT2D eigenvalue weighted by Crippen LogP contribution is 2.29. The third kappa shape index (κ3) is 4.45. The van der Waals surface area contributed by atoms with Crippen molar-refractivity contribution < 1.29 is 14.3 Å². The predicted molar refractivity (Wildman–Crippen MR) is 124 cm³/mol. The van der Waals surface area contributed by atoms with Crippen molar-refractivity contribution in [1.82, 2.24) is 19.6 Å². The molecule has 0 spiro atoms. The summed E-state index contributed by atoms with van der Waals surface area (Å²) in [5.74, 6) is 0.541. The van der Waals surface area contributed by atoms with Gasteiger partial charge in [-0.15, -0.1) is 0 Å². The lowest BCUT2D eigenvalue weighted by Crippen LogP contribution is -2.50. The molecule has 2 aromatic carbocycles. The molecule has 1 aliphatic heterocycles. The molecule has 1 fully saturated rings. The number of hydrogen-bond acceptors (Lipinski definition) is 4. The number of benzene rings is 2. The van der Waals surface area contributed by atoms with Gasteiger partial charge in [0.25, 0.3) is 5.91 Å². The molecule has 4 rings (SSSR count). The van der Waals surface area contributed by atoms with E-state index in [4.69, 9.17) is 33.0 Å². The Kier molecular flexibility index (Phi) is 6.39. The number of aromatic nitrogens is 2. The number of carbonyl (C=O) groups excluding carboxylic acids is 2. The average molecular weight is 473 g/mol. The highest BCUT2D eigenvalue weighted by Gasteiger charge is 2.27. The molecular formula is C23H22Cl2N4O3. The SMILES string of the molecule is COc1cccc(-c2cc(C(=O)N3CCN(C(C)=O)CC3)n(-c3ccc(Cl)c(Cl)c3)n2)c1. The lowest BCUT2D eigenvalue weighted by molar-refractivity contribution is -0.130. The zero-order valence-corrected chi connectivity index (χ0v) is 19.2. The van der Waals surface area contributed by atoms with Gasteiger partial charge in [0.05, 0.1) is 28.5 Å². The summed E-state index contributed by atoms with van der Waals surface area (Å²) in [4.78, 5) is 28.6. The van der Waals surface area contributed by atoms with Crippen LogP contribution in [0.1, 0.15) is 17.4 Å². The quantitative estimate of drug-likeness (QED) is 0.571.